The molecule has 17 heavy (non-hydrogen) atoms. The normalized spacial score (nSPS) is 9.47. The van der Waals surface area contributed by atoms with Gasteiger partial charge in [0.05, 0.1) is 6.61 Å². The second-order valence-corrected chi connectivity index (χ2v) is 3.93. The minimum atomic E-state index is -4.28. The molecule has 4 nitrogen and oxygen atoms in total. The van der Waals surface area contributed by atoms with Crippen LogP contribution >= 0.6 is 0 Å². The monoisotopic (exact) mass is 336 g/mol. The van der Waals surface area contributed by atoms with E-state index in [1.54, 1.807) is 0 Å². The summed E-state index contributed by atoms with van der Waals surface area (Å²) < 4.78 is 32.8. The van der Waals surface area contributed by atoms with Crippen LogP contribution < -0.4 is 0 Å². The molecular formula is C9H15K3O4S. The van der Waals surface area contributed by atoms with E-state index >= 15 is 0 Å². The molecule has 0 aliphatic heterocycles. The first kappa shape index (κ1) is 25.9. The number of rotatable bonds is 5. The average Bonchev–Trinajstić information content (AvgIpc) is 2.13. The van der Waals surface area contributed by atoms with Crippen LogP contribution in [-0.4, -0.2) is 174 Å². The van der Waals surface area contributed by atoms with Crippen LogP contribution in [0.25, 0.3) is 0 Å². The summed E-state index contributed by atoms with van der Waals surface area (Å²) in [5.41, 5.74) is 1.12. The van der Waals surface area contributed by atoms with Gasteiger partial charge < -0.3 is 0 Å². The van der Waals surface area contributed by atoms with Crippen molar-refractivity contribution in [1.29, 1.82) is 0 Å². The van der Waals surface area contributed by atoms with Crippen LogP contribution in [0.5, 0.6) is 0 Å². The molecule has 84 valence electrons. The van der Waals surface area contributed by atoms with Gasteiger partial charge in [0.1, 0.15) is 0 Å². The van der Waals surface area contributed by atoms with E-state index in [4.69, 9.17) is 4.55 Å². The molecule has 0 amide bonds. The third kappa shape index (κ3) is 16.2. The maximum absolute atomic E-state index is 10.2. The van der Waals surface area contributed by atoms with Crippen molar-refractivity contribution in [3.63, 3.8) is 0 Å². The first-order chi connectivity index (χ1) is 6.58. The summed E-state index contributed by atoms with van der Waals surface area (Å²) in [5.74, 6) is 0. The molecule has 0 aliphatic carbocycles. The van der Waals surface area contributed by atoms with Crippen LogP contribution in [0.2, 0.25) is 0 Å². The van der Waals surface area contributed by atoms with Crippen molar-refractivity contribution < 1.29 is 17.2 Å². The molecule has 1 rings (SSSR count). The fourth-order valence-electron chi connectivity index (χ4n) is 1.09. The molecule has 0 heterocycles. The Balaban J connectivity index is -0.000000653. The predicted octanol–water partition coefficient (Wildman–Crippen LogP) is -0.507. The molecular weight excluding hydrogens is 321 g/mol. The Morgan fingerprint density at radius 3 is 2.06 bits per heavy atom. The number of benzene rings is 1. The van der Waals surface area contributed by atoms with E-state index < -0.39 is 10.4 Å². The summed E-state index contributed by atoms with van der Waals surface area (Å²) in [6, 6.07) is 9.65. The first-order valence-corrected chi connectivity index (χ1v) is 5.60. The quantitative estimate of drug-likeness (QED) is 0.447. The molecule has 0 saturated carbocycles. The fraction of sp³-hybridized carbons (Fsp3) is 0.333. The van der Waals surface area contributed by atoms with Gasteiger partial charge in [0.15, 0.2) is 0 Å². The van der Waals surface area contributed by atoms with Crippen LogP contribution in [0.15, 0.2) is 30.3 Å². The van der Waals surface area contributed by atoms with Crippen molar-refractivity contribution >= 4 is 165 Å². The van der Waals surface area contributed by atoms with Gasteiger partial charge in [-0.25, -0.2) is 4.18 Å². The second kappa shape index (κ2) is 14.9. The molecule has 0 bridgehead atoms. The Kier molecular flexibility index (Phi) is 22.7. The van der Waals surface area contributed by atoms with Crippen molar-refractivity contribution in [2.24, 2.45) is 0 Å². The average molecular weight is 337 g/mol. The second-order valence-electron chi connectivity index (χ2n) is 2.84. The van der Waals surface area contributed by atoms with Gasteiger partial charge in [-0.3, -0.25) is 4.55 Å². The molecule has 0 fully saturated rings. The van der Waals surface area contributed by atoms with Gasteiger partial charge in [0, 0.05) is 0 Å². The van der Waals surface area contributed by atoms with Crippen molar-refractivity contribution in [2.75, 3.05) is 6.61 Å². The molecule has 0 spiro atoms. The summed E-state index contributed by atoms with van der Waals surface area (Å²) in [5, 5.41) is 0. The van der Waals surface area contributed by atoms with E-state index in [9.17, 15) is 8.42 Å². The van der Waals surface area contributed by atoms with E-state index in [1.807, 2.05) is 30.3 Å². The van der Waals surface area contributed by atoms with Crippen LogP contribution in [0.4, 0.5) is 0 Å². The molecule has 1 N–H and O–H groups in total. The minimum absolute atomic E-state index is 0. The summed E-state index contributed by atoms with van der Waals surface area (Å²) >= 11 is 0. The SMILES string of the molecule is O=S(=O)(O)OCCCc1ccccc1.[KH].[KH].[KH]. The predicted molar refractivity (Wildman–Crippen MR) is 73.7 cm³/mol. The van der Waals surface area contributed by atoms with Crippen molar-refractivity contribution in [2.45, 2.75) is 12.8 Å². The summed E-state index contributed by atoms with van der Waals surface area (Å²) in [7, 11) is -4.28. The van der Waals surface area contributed by atoms with Gasteiger partial charge >= 0.3 is 165 Å². The molecule has 1 aromatic rings. The van der Waals surface area contributed by atoms with E-state index in [-0.39, 0.29) is 161 Å². The van der Waals surface area contributed by atoms with Crippen molar-refractivity contribution in [3.05, 3.63) is 35.9 Å². The van der Waals surface area contributed by atoms with Crippen molar-refractivity contribution in [1.82, 2.24) is 0 Å². The maximum atomic E-state index is 10.2. The van der Waals surface area contributed by atoms with Crippen molar-refractivity contribution in [3.8, 4) is 0 Å². The van der Waals surface area contributed by atoms with Gasteiger partial charge in [-0.15, -0.1) is 0 Å². The summed E-state index contributed by atoms with van der Waals surface area (Å²) in [4.78, 5) is 0. The molecule has 0 radical (unpaired) electrons. The number of aryl methyl sites for hydroxylation is 1. The third-order valence-corrected chi connectivity index (χ3v) is 2.15. The molecule has 8 heteroatoms. The molecule has 0 unspecified atom stereocenters. The molecule has 0 aliphatic rings. The summed E-state index contributed by atoms with van der Waals surface area (Å²) in [6.45, 7) is 0.00767. The Bertz CT molecular complexity index is 369. The van der Waals surface area contributed by atoms with E-state index in [2.05, 4.69) is 4.18 Å². The molecule has 0 saturated heterocycles. The van der Waals surface area contributed by atoms with Gasteiger partial charge in [-0.1, -0.05) is 30.3 Å². The van der Waals surface area contributed by atoms with E-state index in [0.717, 1.165) is 12.0 Å². The topological polar surface area (TPSA) is 63.6 Å². The first-order valence-electron chi connectivity index (χ1n) is 4.24. The third-order valence-electron chi connectivity index (χ3n) is 1.68. The molecule has 0 aromatic heterocycles. The van der Waals surface area contributed by atoms with Crippen LogP contribution in [0, 0.1) is 0 Å². The zero-order chi connectivity index (χ0) is 10.4. The van der Waals surface area contributed by atoms with Gasteiger partial charge in [0.25, 0.3) is 0 Å². The number of hydrogen-bond acceptors (Lipinski definition) is 3. The number of hydrogen-bond donors (Lipinski definition) is 1. The molecule has 0 atom stereocenters. The summed E-state index contributed by atoms with van der Waals surface area (Å²) in [6.07, 6.45) is 1.29. The zero-order valence-electron chi connectivity index (χ0n) is 7.59. The van der Waals surface area contributed by atoms with Gasteiger partial charge in [0.2, 0.25) is 0 Å². The Labute approximate surface area is 230 Å². The Morgan fingerprint density at radius 2 is 1.59 bits per heavy atom. The van der Waals surface area contributed by atoms with Crippen LogP contribution in [0.1, 0.15) is 12.0 Å². The Morgan fingerprint density at radius 1 is 1.06 bits per heavy atom. The fourth-order valence-corrected chi connectivity index (χ4v) is 1.41. The Hall–Kier alpha value is 4.00. The van der Waals surface area contributed by atoms with E-state index in [0.29, 0.717) is 6.42 Å². The zero-order valence-corrected chi connectivity index (χ0v) is 8.40. The molecule has 1 aromatic carbocycles. The van der Waals surface area contributed by atoms with Crippen LogP contribution in [0.3, 0.4) is 0 Å². The standard InChI is InChI=1S/C9H12O4S.3K.3H/c10-14(11,12)13-8-4-7-9-5-2-1-3-6-9;;;;;;/h1-3,5-6H,4,7-8H2,(H,10,11,12);;;;;;. The van der Waals surface area contributed by atoms with Gasteiger partial charge in [-0.2, -0.15) is 8.42 Å². The van der Waals surface area contributed by atoms with Crippen LogP contribution in [-0.2, 0) is 21.0 Å². The van der Waals surface area contributed by atoms with E-state index in [1.165, 1.54) is 0 Å². The van der Waals surface area contributed by atoms with Gasteiger partial charge in [-0.05, 0) is 18.4 Å².